The van der Waals surface area contributed by atoms with Crippen LogP contribution in [0, 0.1) is 5.41 Å². The van der Waals surface area contributed by atoms with Gasteiger partial charge in [-0.05, 0) is 19.3 Å². The number of methoxy groups -OCH3 is 1. The lowest BCUT2D eigenvalue weighted by Crippen LogP contribution is -2.44. The maximum absolute atomic E-state index is 11.7. The highest BCUT2D eigenvalue weighted by Crippen LogP contribution is 2.41. The molecule has 1 rings (SSSR count). The molecule has 1 saturated carbocycles. The van der Waals surface area contributed by atoms with E-state index in [1.807, 2.05) is 6.92 Å². The fourth-order valence-corrected chi connectivity index (χ4v) is 2.45. The van der Waals surface area contributed by atoms with Gasteiger partial charge in [0.2, 0.25) is 0 Å². The number of carbonyl (C=O) groups excluding carboxylic acids is 1. The summed E-state index contributed by atoms with van der Waals surface area (Å²) in [6, 6.07) is 0. The molecule has 0 aromatic carbocycles. The van der Waals surface area contributed by atoms with E-state index in [2.05, 4.69) is 0 Å². The van der Waals surface area contributed by atoms with Crippen molar-refractivity contribution in [1.29, 1.82) is 0 Å². The normalized spacial score (nSPS) is 22.8. The predicted octanol–water partition coefficient (Wildman–Crippen LogP) is 1.88. The Morgan fingerprint density at radius 1 is 1.43 bits per heavy atom. The molecule has 1 fully saturated rings. The SMILES string of the molecule is CCC(O)C1(C(=O)OC)CCCCC1. The zero-order valence-corrected chi connectivity index (χ0v) is 9.08. The summed E-state index contributed by atoms with van der Waals surface area (Å²) < 4.78 is 4.82. The number of esters is 1. The number of rotatable bonds is 3. The van der Waals surface area contributed by atoms with E-state index in [1.165, 1.54) is 7.11 Å². The van der Waals surface area contributed by atoms with Crippen LogP contribution < -0.4 is 0 Å². The number of ether oxygens (including phenoxy) is 1. The van der Waals surface area contributed by atoms with Crippen LogP contribution in [-0.2, 0) is 9.53 Å². The molecule has 82 valence electrons. The molecule has 1 N–H and O–H groups in total. The fourth-order valence-electron chi connectivity index (χ4n) is 2.45. The highest BCUT2D eigenvalue weighted by molar-refractivity contribution is 5.77. The Labute approximate surface area is 85.5 Å². The first-order chi connectivity index (χ1) is 6.67. The number of hydrogen-bond donors (Lipinski definition) is 1. The van der Waals surface area contributed by atoms with Crippen molar-refractivity contribution < 1.29 is 14.6 Å². The Balaban J connectivity index is 2.82. The molecular formula is C11H20O3. The smallest absolute Gasteiger partial charge is 0.314 e. The van der Waals surface area contributed by atoms with Crippen molar-refractivity contribution in [2.24, 2.45) is 5.41 Å². The Morgan fingerprint density at radius 2 is 2.00 bits per heavy atom. The molecule has 0 aromatic heterocycles. The molecule has 0 saturated heterocycles. The van der Waals surface area contributed by atoms with Gasteiger partial charge in [-0.25, -0.2) is 0 Å². The Hall–Kier alpha value is -0.570. The van der Waals surface area contributed by atoms with Gasteiger partial charge in [0.15, 0.2) is 0 Å². The average Bonchev–Trinajstić information content (AvgIpc) is 2.27. The van der Waals surface area contributed by atoms with E-state index in [0.717, 1.165) is 32.1 Å². The first kappa shape index (κ1) is 11.5. The fraction of sp³-hybridized carbons (Fsp3) is 0.909. The molecule has 3 heteroatoms. The van der Waals surface area contributed by atoms with E-state index in [4.69, 9.17) is 4.74 Å². The van der Waals surface area contributed by atoms with Crippen LogP contribution >= 0.6 is 0 Å². The highest BCUT2D eigenvalue weighted by Gasteiger charge is 2.45. The molecule has 1 atom stereocenters. The van der Waals surface area contributed by atoms with Crippen LogP contribution in [0.3, 0.4) is 0 Å². The van der Waals surface area contributed by atoms with Crippen molar-refractivity contribution in [2.75, 3.05) is 7.11 Å². The van der Waals surface area contributed by atoms with Crippen LogP contribution in [0.15, 0.2) is 0 Å². The van der Waals surface area contributed by atoms with Crippen molar-refractivity contribution in [2.45, 2.75) is 51.6 Å². The zero-order chi connectivity index (χ0) is 10.6. The van der Waals surface area contributed by atoms with Crippen LogP contribution in [-0.4, -0.2) is 24.3 Å². The van der Waals surface area contributed by atoms with Gasteiger partial charge >= 0.3 is 5.97 Å². The summed E-state index contributed by atoms with van der Waals surface area (Å²) in [6.07, 6.45) is 4.82. The lowest BCUT2D eigenvalue weighted by Gasteiger charge is -2.37. The molecule has 0 bridgehead atoms. The Kier molecular flexibility index (Phi) is 3.93. The van der Waals surface area contributed by atoms with E-state index in [9.17, 15) is 9.90 Å². The topological polar surface area (TPSA) is 46.5 Å². The van der Waals surface area contributed by atoms with Crippen LogP contribution in [0.2, 0.25) is 0 Å². The molecule has 0 amide bonds. The van der Waals surface area contributed by atoms with Gasteiger partial charge in [0.25, 0.3) is 0 Å². The van der Waals surface area contributed by atoms with Gasteiger partial charge in [-0.15, -0.1) is 0 Å². The van der Waals surface area contributed by atoms with E-state index in [1.54, 1.807) is 0 Å². The Morgan fingerprint density at radius 3 is 2.43 bits per heavy atom. The summed E-state index contributed by atoms with van der Waals surface area (Å²) in [5, 5.41) is 9.93. The van der Waals surface area contributed by atoms with Crippen molar-refractivity contribution >= 4 is 5.97 Å². The van der Waals surface area contributed by atoms with E-state index in [0.29, 0.717) is 6.42 Å². The van der Waals surface area contributed by atoms with Gasteiger partial charge in [-0.2, -0.15) is 0 Å². The molecule has 1 unspecified atom stereocenters. The predicted molar refractivity (Wildman–Crippen MR) is 53.8 cm³/mol. The summed E-state index contributed by atoms with van der Waals surface area (Å²) in [7, 11) is 1.40. The molecule has 1 aliphatic carbocycles. The van der Waals surface area contributed by atoms with Crippen molar-refractivity contribution in [3.63, 3.8) is 0 Å². The zero-order valence-electron chi connectivity index (χ0n) is 9.08. The van der Waals surface area contributed by atoms with Crippen molar-refractivity contribution in [1.82, 2.24) is 0 Å². The number of aliphatic hydroxyl groups excluding tert-OH is 1. The van der Waals surface area contributed by atoms with Crippen LogP contribution in [0.25, 0.3) is 0 Å². The van der Waals surface area contributed by atoms with Gasteiger partial charge in [-0.1, -0.05) is 26.2 Å². The summed E-state index contributed by atoms with van der Waals surface area (Å²) in [4.78, 5) is 11.7. The number of hydrogen-bond acceptors (Lipinski definition) is 3. The van der Waals surface area contributed by atoms with E-state index in [-0.39, 0.29) is 5.97 Å². The molecule has 1 aliphatic rings. The van der Waals surface area contributed by atoms with Gasteiger partial charge in [0.1, 0.15) is 0 Å². The highest BCUT2D eigenvalue weighted by atomic mass is 16.5. The van der Waals surface area contributed by atoms with Crippen LogP contribution in [0.1, 0.15) is 45.4 Å². The third-order valence-electron chi connectivity index (χ3n) is 3.36. The van der Waals surface area contributed by atoms with Crippen LogP contribution in [0.4, 0.5) is 0 Å². The van der Waals surface area contributed by atoms with Crippen molar-refractivity contribution in [3.05, 3.63) is 0 Å². The monoisotopic (exact) mass is 200 g/mol. The molecule has 0 aliphatic heterocycles. The second-order valence-corrected chi connectivity index (χ2v) is 4.13. The maximum Gasteiger partial charge on any atom is 0.314 e. The van der Waals surface area contributed by atoms with Crippen LogP contribution in [0.5, 0.6) is 0 Å². The van der Waals surface area contributed by atoms with E-state index < -0.39 is 11.5 Å². The second kappa shape index (κ2) is 4.78. The van der Waals surface area contributed by atoms with Gasteiger partial charge in [0, 0.05) is 0 Å². The quantitative estimate of drug-likeness (QED) is 0.707. The minimum Gasteiger partial charge on any atom is -0.469 e. The maximum atomic E-state index is 11.7. The molecular weight excluding hydrogens is 180 g/mol. The molecule has 14 heavy (non-hydrogen) atoms. The summed E-state index contributed by atoms with van der Waals surface area (Å²) in [6.45, 7) is 1.91. The second-order valence-electron chi connectivity index (χ2n) is 4.13. The molecule has 0 spiro atoms. The summed E-state index contributed by atoms with van der Waals surface area (Å²) in [5.41, 5.74) is -0.609. The average molecular weight is 200 g/mol. The largest absolute Gasteiger partial charge is 0.469 e. The lowest BCUT2D eigenvalue weighted by molar-refractivity contribution is -0.164. The van der Waals surface area contributed by atoms with Gasteiger partial charge < -0.3 is 9.84 Å². The summed E-state index contributed by atoms with van der Waals surface area (Å²) in [5.74, 6) is -0.230. The third kappa shape index (κ3) is 1.92. The Bertz CT molecular complexity index is 195. The summed E-state index contributed by atoms with van der Waals surface area (Å²) >= 11 is 0. The minimum atomic E-state index is -0.609. The molecule has 0 radical (unpaired) electrons. The first-order valence-corrected chi connectivity index (χ1v) is 5.44. The lowest BCUT2D eigenvalue weighted by atomic mass is 9.69. The van der Waals surface area contributed by atoms with E-state index >= 15 is 0 Å². The third-order valence-corrected chi connectivity index (χ3v) is 3.36. The van der Waals surface area contributed by atoms with Gasteiger partial charge in [-0.3, -0.25) is 4.79 Å². The number of aliphatic hydroxyl groups is 1. The molecule has 3 nitrogen and oxygen atoms in total. The standard InChI is InChI=1S/C11H20O3/c1-3-9(12)11(10(13)14-2)7-5-4-6-8-11/h9,12H,3-8H2,1-2H3. The van der Waals surface area contributed by atoms with Gasteiger partial charge in [0.05, 0.1) is 18.6 Å². The molecule has 0 heterocycles. The molecule has 0 aromatic rings. The number of carbonyl (C=O) groups is 1. The first-order valence-electron chi connectivity index (χ1n) is 5.44. The van der Waals surface area contributed by atoms with Crippen molar-refractivity contribution in [3.8, 4) is 0 Å². The minimum absolute atomic E-state index is 0.230.